The molecule has 0 heterocycles. The monoisotopic (exact) mass is 298 g/mol. The van der Waals surface area contributed by atoms with Crippen LogP contribution in [0, 0.1) is 22.9 Å². The average molecular weight is 299 g/mol. The van der Waals surface area contributed by atoms with Gasteiger partial charge in [0.1, 0.15) is 22.4 Å². The van der Waals surface area contributed by atoms with Gasteiger partial charge in [-0.1, -0.05) is 57.2 Å². The molecular weight excluding hydrogens is 276 g/mol. The standard InChI is InChI=1S/C17H22OSi2/c1-19(2,3)11-9-16-8-7-15(14-18)13-17(16)10-12-20(4,5)6/h7-8,13-14H,1-6H3. The Morgan fingerprint density at radius 1 is 0.850 bits per heavy atom. The summed E-state index contributed by atoms with van der Waals surface area (Å²) in [6, 6.07) is 5.56. The highest BCUT2D eigenvalue weighted by Gasteiger charge is 2.10. The van der Waals surface area contributed by atoms with Gasteiger partial charge in [-0.25, -0.2) is 0 Å². The summed E-state index contributed by atoms with van der Waals surface area (Å²) >= 11 is 0. The van der Waals surface area contributed by atoms with E-state index in [4.69, 9.17) is 0 Å². The van der Waals surface area contributed by atoms with E-state index in [0.29, 0.717) is 5.56 Å². The molecule has 0 spiro atoms. The van der Waals surface area contributed by atoms with Crippen LogP contribution in [0.4, 0.5) is 0 Å². The van der Waals surface area contributed by atoms with Crippen LogP contribution in [0.15, 0.2) is 18.2 Å². The fraction of sp³-hybridized carbons (Fsp3) is 0.353. The van der Waals surface area contributed by atoms with Crippen molar-refractivity contribution in [1.29, 1.82) is 0 Å². The van der Waals surface area contributed by atoms with Gasteiger partial charge >= 0.3 is 0 Å². The zero-order chi connectivity index (χ0) is 15.4. The second-order valence-corrected chi connectivity index (χ2v) is 16.4. The van der Waals surface area contributed by atoms with E-state index in [1.165, 1.54) is 0 Å². The molecule has 0 radical (unpaired) electrons. The molecular formula is C17H22OSi2. The van der Waals surface area contributed by atoms with Gasteiger partial charge < -0.3 is 0 Å². The lowest BCUT2D eigenvalue weighted by Crippen LogP contribution is -2.17. The molecule has 1 nitrogen and oxygen atoms in total. The minimum Gasteiger partial charge on any atom is -0.298 e. The minimum atomic E-state index is -1.44. The van der Waals surface area contributed by atoms with Gasteiger partial charge in [0, 0.05) is 16.7 Å². The number of carbonyl (C=O) groups excluding carboxylic acids is 1. The van der Waals surface area contributed by atoms with Crippen LogP contribution < -0.4 is 0 Å². The van der Waals surface area contributed by atoms with Crippen molar-refractivity contribution in [1.82, 2.24) is 0 Å². The van der Waals surface area contributed by atoms with Gasteiger partial charge in [-0.05, 0) is 12.1 Å². The van der Waals surface area contributed by atoms with Gasteiger partial charge in [0.05, 0.1) is 0 Å². The van der Waals surface area contributed by atoms with Crippen LogP contribution in [0.2, 0.25) is 39.3 Å². The first kappa shape index (κ1) is 16.5. The summed E-state index contributed by atoms with van der Waals surface area (Å²) in [7, 11) is -2.85. The van der Waals surface area contributed by atoms with Crippen LogP contribution in [-0.4, -0.2) is 22.4 Å². The molecule has 0 aliphatic carbocycles. The number of benzene rings is 1. The van der Waals surface area contributed by atoms with Crippen LogP contribution in [0.3, 0.4) is 0 Å². The third kappa shape index (κ3) is 6.06. The highest BCUT2D eigenvalue weighted by Crippen LogP contribution is 2.11. The first-order valence-corrected chi connectivity index (χ1v) is 13.8. The zero-order valence-corrected chi connectivity index (χ0v) is 15.2. The Morgan fingerprint density at radius 2 is 1.35 bits per heavy atom. The maximum atomic E-state index is 10.9. The normalized spacial score (nSPS) is 10.9. The SMILES string of the molecule is C[Si](C)(C)C#Cc1ccc(C=O)cc1C#C[Si](C)(C)C. The predicted molar refractivity (Wildman–Crippen MR) is 92.3 cm³/mol. The molecule has 0 fully saturated rings. The smallest absolute Gasteiger partial charge is 0.150 e. The summed E-state index contributed by atoms with van der Waals surface area (Å²) < 4.78 is 0. The van der Waals surface area contributed by atoms with Gasteiger partial charge in [-0.15, -0.1) is 11.1 Å². The van der Waals surface area contributed by atoms with E-state index in [-0.39, 0.29) is 0 Å². The molecule has 0 aliphatic rings. The third-order valence-electron chi connectivity index (χ3n) is 2.32. The van der Waals surface area contributed by atoms with E-state index in [1.54, 1.807) is 6.07 Å². The van der Waals surface area contributed by atoms with E-state index in [9.17, 15) is 4.79 Å². The quantitative estimate of drug-likeness (QED) is 0.436. The Balaban J connectivity index is 3.32. The van der Waals surface area contributed by atoms with E-state index in [2.05, 4.69) is 62.2 Å². The molecule has 0 amide bonds. The van der Waals surface area contributed by atoms with Crippen LogP contribution in [0.1, 0.15) is 21.5 Å². The van der Waals surface area contributed by atoms with Gasteiger partial charge in [0.2, 0.25) is 0 Å². The van der Waals surface area contributed by atoms with Crippen LogP contribution in [-0.2, 0) is 0 Å². The summed E-state index contributed by atoms with van der Waals surface area (Å²) in [5, 5.41) is 0. The molecule has 0 aliphatic heterocycles. The molecule has 0 N–H and O–H groups in total. The summed E-state index contributed by atoms with van der Waals surface area (Å²) in [6.07, 6.45) is 0.857. The molecule has 3 heteroatoms. The fourth-order valence-electron chi connectivity index (χ4n) is 1.36. The Labute approximate surface area is 124 Å². The summed E-state index contributed by atoms with van der Waals surface area (Å²) in [5.41, 5.74) is 9.17. The van der Waals surface area contributed by atoms with Gasteiger partial charge in [0.25, 0.3) is 0 Å². The van der Waals surface area contributed by atoms with Crippen LogP contribution in [0.25, 0.3) is 0 Å². The maximum Gasteiger partial charge on any atom is 0.150 e. The third-order valence-corrected chi connectivity index (χ3v) is 4.07. The minimum absolute atomic E-state index is 0.656. The molecule has 0 saturated carbocycles. The van der Waals surface area contributed by atoms with Crippen molar-refractivity contribution in [3.63, 3.8) is 0 Å². The highest BCUT2D eigenvalue weighted by atomic mass is 28.3. The highest BCUT2D eigenvalue weighted by molar-refractivity contribution is 6.84. The lowest BCUT2D eigenvalue weighted by molar-refractivity contribution is 0.112. The molecule has 0 saturated heterocycles. The van der Waals surface area contributed by atoms with Gasteiger partial charge in [0.15, 0.2) is 0 Å². The number of hydrogen-bond donors (Lipinski definition) is 0. The lowest BCUT2D eigenvalue weighted by atomic mass is 10.1. The Kier molecular flexibility index (Phi) is 5.17. The number of hydrogen-bond acceptors (Lipinski definition) is 1. The van der Waals surface area contributed by atoms with Crippen molar-refractivity contribution >= 4 is 22.4 Å². The van der Waals surface area contributed by atoms with Crippen molar-refractivity contribution in [2.45, 2.75) is 39.3 Å². The topological polar surface area (TPSA) is 17.1 Å². The Hall–Kier alpha value is -1.56. The molecule has 1 rings (SSSR count). The Morgan fingerprint density at radius 3 is 1.80 bits per heavy atom. The number of rotatable bonds is 1. The molecule has 1 aromatic carbocycles. The molecule has 0 unspecified atom stereocenters. The van der Waals surface area contributed by atoms with Crippen molar-refractivity contribution in [2.75, 3.05) is 0 Å². The molecule has 20 heavy (non-hydrogen) atoms. The van der Waals surface area contributed by atoms with Crippen molar-refractivity contribution < 1.29 is 4.79 Å². The average Bonchev–Trinajstić information content (AvgIpc) is 2.32. The van der Waals surface area contributed by atoms with E-state index in [1.807, 2.05) is 12.1 Å². The number of carbonyl (C=O) groups is 1. The van der Waals surface area contributed by atoms with Crippen LogP contribution in [0.5, 0.6) is 0 Å². The van der Waals surface area contributed by atoms with Crippen LogP contribution >= 0.6 is 0 Å². The number of aldehydes is 1. The fourth-order valence-corrected chi connectivity index (χ4v) is 2.38. The summed E-state index contributed by atoms with van der Waals surface area (Å²) in [6.45, 7) is 13.3. The Bertz CT molecular complexity index is 623. The van der Waals surface area contributed by atoms with Crippen molar-refractivity contribution in [2.24, 2.45) is 0 Å². The molecule has 0 aromatic heterocycles. The zero-order valence-electron chi connectivity index (χ0n) is 13.2. The second kappa shape index (κ2) is 6.26. The first-order valence-electron chi connectivity index (χ1n) is 6.76. The maximum absolute atomic E-state index is 10.9. The van der Waals surface area contributed by atoms with E-state index < -0.39 is 16.1 Å². The predicted octanol–water partition coefficient (Wildman–Crippen LogP) is 3.96. The van der Waals surface area contributed by atoms with E-state index >= 15 is 0 Å². The first-order chi connectivity index (χ1) is 9.11. The second-order valence-electron chi connectivity index (χ2n) is 6.92. The van der Waals surface area contributed by atoms with E-state index in [0.717, 1.165) is 17.4 Å². The molecule has 104 valence electrons. The molecule has 0 bridgehead atoms. The van der Waals surface area contributed by atoms with Gasteiger partial charge in [-0.2, -0.15) is 0 Å². The summed E-state index contributed by atoms with van der Waals surface area (Å²) in [4.78, 5) is 10.9. The lowest BCUT2D eigenvalue weighted by Gasteiger charge is -2.06. The molecule has 1 aromatic rings. The van der Waals surface area contributed by atoms with Gasteiger partial charge in [-0.3, -0.25) is 4.79 Å². The largest absolute Gasteiger partial charge is 0.298 e. The molecule has 0 atom stereocenters. The van der Waals surface area contributed by atoms with Crippen molar-refractivity contribution in [3.05, 3.63) is 34.9 Å². The van der Waals surface area contributed by atoms with Crippen molar-refractivity contribution in [3.8, 4) is 22.9 Å². The summed E-state index contributed by atoms with van der Waals surface area (Å²) in [5.74, 6) is 6.48.